The van der Waals surface area contributed by atoms with Crippen molar-refractivity contribution >= 4 is 5.91 Å². The predicted octanol–water partition coefficient (Wildman–Crippen LogP) is 3.62. The first kappa shape index (κ1) is 17.6. The molecule has 4 nitrogen and oxygen atoms in total. The van der Waals surface area contributed by atoms with Crippen molar-refractivity contribution in [1.29, 1.82) is 0 Å². The molecule has 0 N–H and O–H groups in total. The van der Waals surface area contributed by atoms with Crippen LogP contribution in [-0.2, 0) is 16.0 Å². The molecule has 1 fully saturated rings. The minimum absolute atomic E-state index is 0.0333. The number of aryl methyl sites for hydroxylation is 1. The number of carbonyl (C=O) groups is 1. The van der Waals surface area contributed by atoms with Crippen LogP contribution in [0.1, 0.15) is 43.0 Å². The third-order valence-corrected chi connectivity index (χ3v) is 4.92. The van der Waals surface area contributed by atoms with Gasteiger partial charge in [-0.3, -0.25) is 9.78 Å². The van der Waals surface area contributed by atoms with E-state index in [-0.39, 0.29) is 17.9 Å². The van der Waals surface area contributed by atoms with E-state index in [1.807, 2.05) is 30.2 Å². The van der Waals surface area contributed by atoms with Crippen molar-refractivity contribution in [3.63, 3.8) is 0 Å². The van der Waals surface area contributed by atoms with E-state index in [0.717, 1.165) is 24.0 Å². The van der Waals surface area contributed by atoms with Gasteiger partial charge in [-0.15, -0.1) is 0 Å². The Kier molecular flexibility index (Phi) is 5.82. The van der Waals surface area contributed by atoms with Gasteiger partial charge in [0.1, 0.15) is 0 Å². The van der Waals surface area contributed by atoms with Gasteiger partial charge in [-0.05, 0) is 42.5 Å². The summed E-state index contributed by atoms with van der Waals surface area (Å²) in [5, 5.41) is 0. The maximum Gasteiger partial charge on any atom is 0.228 e. The summed E-state index contributed by atoms with van der Waals surface area (Å²) in [6.45, 7) is 6.05. The predicted molar refractivity (Wildman–Crippen MR) is 98.2 cm³/mol. The largest absolute Gasteiger partial charge is 0.381 e. The minimum atomic E-state index is -0.113. The van der Waals surface area contributed by atoms with Crippen molar-refractivity contribution < 1.29 is 9.53 Å². The highest BCUT2D eigenvalue weighted by atomic mass is 16.5. The SMILES string of the molecule is CCc1ccc(C(c2cccnc2)N(CC)C(=O)C2CCOC2)cc1. The molecule has 25 heavy (non-hydrogen) atoms. The minimum Gasteiger partial charge on any atom is -0.381 e. The molecule has 2 unspecified atom stereocenters. The van der Waals surface area contributed by atoms with Gasteiger partial charge >= 0.3 is 0 Å². The number of nitrogens with zero attached hydrogens (tertiary/aromatic N) is 2. The van der Waals surface area contributed by atoms with Gasteiger partial charge in [-0.25, -0.2) is 0 Å². The summed E-state index contributed by atoms with van der Waals surface area (Å²) >= 11 is 0. The fourth-order valence-electron chi connectivity index (χ4n) is 3.46. The Bertz CT molecular complexity index is 679. The molecule has 1 aliphatic rings. The second-order valence-electron chi connectivity index (χ2n) is 6.47. The van der Waals surface area contributed by atoms with E-state index in [2.05, 4.69) is 36.2 Å². The zero-order chi connectivity index (χ0) is 17.6. The van der Waals surface area contributed by atoms with E-state index in [9.17, 15) is 4.79 Å². The number of rotatable bonds is 6. The zero-order valence-corrected chi connectivity index (χ0v) is 15.0. The van der Waals surface area contributed by atoms with Crippen LogP contribution in [0.4, 0.5) is 0 Å². The number of aromatic nitrogens is 1. The first-order valence-corrected chi connectivity index (χ1v) is 9.11. The molecule has 1 aromatic heterocycles. The molecule has 1 aromatic carbocycles. The molecule has 0 bridgehead atoms. The van der Waals surface area contributed by atoms with Crippen LogP contribution in [0, 0.1) is 5.92 Å². The molecule has 1 amide bonds. The number of amides is 1. The van der Waals surface area contributed by atoms with E-state index >= 15 is 0 Å². The summed E-state index contributed by atoms with van der Waals surface area (Å²) in [5.41, 5.74) is 3.47. The summed E-state index contributed by atoms with van der Waals surface area (Å²) in [4.78, 5) is 19.4. The van der Waals surface area contributed by atoms with Crippen molar-refractivity contribution in [2.75, 3.05) is 19.8 Å². The lowest BCUT2D eigenvalue weighted by atomic mass is 9.95. The number of hydrogen-bond donors (Lipinski definition) is 0. The van der Waals surface area contributed by atoms with Gasteiger partial charge in [0.2, 0.25) is 5.91 Å². The van der Waals surface area contributed by atoms with Gasteiger partial charge < -0.3 is 9.64 Å². The summed E-state index contributed by atoms with van der Waals surface area (Å²) < 4.78 is 5.43. The molecule has 2 heterocycles. The van der Waals surface area contributed by atoms with Crippen molar-refractivity contribution in [3.8, 4) is 0 Å². The van der Waals surface area contributed by atoms with Crippen molar-refractivity contribution in [1.82, 2.24) is 9.88 Å². The Morgan fingerprint density at radius 1 is 1.24 bits per heavy atom. The maximum atomic E-state index is 13.1. The molecule has 0 saturated carbocycles. The third-order valence-electron chi connectivity index (χ3n) is 4.92. The van der Waals surface area contributed by atoms with Crippen LogP contribution in [0.25, 0.3) is 0 Å². The highest BCUT2D eigenvalue weighted by Gasteiger charge is 2.32. The lowest BCUT2D eigenvalue weighted by molar-refractivity contribution is -0.137. The quantitative estimate of drug-likeness (QED) is 0.808. The van der Waals surface area contributed by atoms with Crippen LogP contribution in [0.2, 0.25) is 0 Å². The van der Waals surface area contributed by atoms with Crippen molar-refractivity contribution in [2.24, 2.45) is 5.92 Å². The first-order valence-electron chi connectivity index (χ1n) is 9.11. The number of benzene rings is 1. The highest BCUT2D eigenvalue weighted by molar-refractivity contribution is 5.80. The maximum absolute atomic E-state index is 13.1. The van der Waals surface area contributed by atoms with Crippen LogP contribution in [-0.4, -0.2) is 35.5 Å². The Hall–Kier alpha value is -2.20. The standard InChI is InChI=1S/C21H26N2O2/c1-3-16-7-9-17(10-8-16)20(18-6-5-12-22-14-18)23(4-2)21(24)19-11-13-25-15-19/h5-10,12,14,19-20H,3-4,11,13,15H2,1-2H3. The van der Waals surface area contributed by atoms with Crippen LogP contribution in [0.15, 0.2) is 48.8 Å². The van der Waals surface area contributed by atoms with Crippen LogP contribution >= 0.6 is 0 Å². The second kappa shape index (κ2) is 8.26. The van der Waals surface area contributed by atoms with E-state index in [1.54, 1.807) is 6.20 Å². The van der Waals surface area contributed by atoms with Crippen molar-refractivity contribution in [3.05, 3.63) is 65.5 Å². The van der Waals surface area contributed by atoms with E-state index in [0.29, 0.717) is 19.8 Å². The van der Waals surface area contributed by atoms with Crippen LogP contribution < -0.4 is 0 Å². The summed E-state index contributed by atoms with van der Waals surface area (Å²) in [6, 6.07) is 12.4. The van der Waals surface area contributed by atoms with Gasteiger partial charge in [0.05, 0.1) is 18.6 Å². The van der Waals surface area contributed by atoms with E-state index in [1.165, 1.54) is 5.56 Å². The molecule has 1 saturated heterocycles. The molecule has 2 aromatic rings. The fraction of sp³-hybridized carbons (Fsp3) is 0.429. The topological polar surface area (TPSA) is 42.4 Å². The Labute approximate surface area is 149 Å². The van der Waals surface area contributed by atoms with E-state index in [4.69, 9.17) is 4.74 Å². The number of pyridine rings is 1. The molecule has 0 aliphatic carbocycles. The lowest BCUT2D eigenvalue weighted by Gasteiger charge is -2.33. The Morgan fingerprint density at radius 2 is 2.04 bits per heavy atom. The van der Waals surface area contributed by atoms with Gasteiger partial charge in [-0.1, -0.05) is 37.3 Å². The van der Waals surface area contributed by atoms with Gasteiger partial charge in [0, 0.05) is 25.5 Å². The summed E-state index contributed by atoms with van der Waals surface area (Å²) in [6.07, 6.45) is 5.45. The molecule has 132 valence electrons. The normalized spacial score (nSPS) is 18.1. The summed E-state index contributed by atoms with van der Waals surface area (Å²) in [5.74, 6) is 0.141. The fourth-order valence-corrected chi connectivity index (χ4v) is 3.46. The monoisotopic (exact) mass is 338 g/mol. The average Bonchev–Trinajstić information content (AvgIpc) is 3.21. The molecule has 2 atom stereocenters. The smallest absolute Gasteiger partial charge is 0.228 e. The third kappa shape index (κ3) is 3.90. The first-order chi connectivity index (χ1) is 12.2. The summed E-state index contributed by atoms with van der Waals surface area (Å²) in [7, 11) is 0. The van der Waals surface area contributed by atoms with Gasteiger partial charge in [0.25, 0.3) is 0 Å². The molecule has 3 rings (SSSR count). The molecule has 0 spiro atoms. The van der Waals surface area contributed by atoms with Gasteiger partial charge in [-0.2, -0.15) is 0 Å². The average molecular weight is 338 g/mol. The number of hydrogen-bond acceptors (Lipinski definition) is 3. The van der Waals surface area contributed by atoms with Crippen LogP contribution in [0.5, 0.6) is 0 Å². The highest BCUT2D eigenvalue weighted by Crippen LogP contribution is 2.31. The second-order valence-corrected chi connectivity index (χ2v) is 6.47. The Morgan fingerprint density at radius 3 is 2.60 bits per heavy atom. The number of carbonyl (C=O) groups excluding carboxylic acids is 1. The van der Waals surface area contributed by atoms with Crippen molar-refractivity contribution in [2.45, 2.75) is 32.7 Å². The number of ether oxygens (including phenoxy) is 1. The molecule has 1 aliphatic heterocycles. The molecule has 0 radical (unpaired) electrons. The molecular weight excluding hydrogens is 312 g/mol. The van der Waals surface area contributed by atoms with Crippen LogP contribution in [0.3, 0.4) is 0 Å². The van der Waals surface area contributed by atoms with Gasteiger partial charge in [0.15, 0.2) is 0 Å². The Balaban J connectivity index is 1.98. The zero-order valence-electron chi connectivity index (χ0n) is 15.0. The lowest BCUT2D eigenvalue weighted by Crippen LogP contribution is -2.39. The molecule has 4 heteroatoms. The van der Waals surface area contributed by atoms with E-state index < -0.39 is 0 Å². The molecular formula is C21H26N2O2.